The average Bonchev–Trinajstić information content (AvgIpc) is 2.46. The molecule has 0 heterocycles. The van der Waals surface area contributed by atoms with Crippen LogP contribution in [0.15, 0.2) is 53.7 Å². The highest BCUT2D eigenvalue weighted by Crippen LogP contribution is 2.13. The molecule has 0 spiro atoms. The minimum Gasteiger partial charge on any atom is -0.490 e. The maximum atomic E-state index is 12.7. The smallest absolute Gasteiger partial charge is 0.123 e. The van der Waals surface area contributed by atoms with E-state index in [1.165, 1.54) is 18.3 Å². The quantitative estimate of drug-likeness (QED) is 0.381. The van der Waals surface area contributed by atoms with Gasteiger partial charge in [-0.1, -0.05) is 17.3 Å². The third-order valence-corrected chi connectivity index (χ3v) is 2.50. The van der Waals surface area contributed by atoms with Crippen molar-refractivity contribution in [2.75, 3.05) is 13.2 Å². The fourth-order valence-corrected chi connectivity index (χ4v) is 1.60. The molecule has 0 saturated heterocycles. The summed E-state index contributed by atoms with van der Waals surface area (Å²) in [6.07, 6.45) is 1.32. The topological polar surface area (TPSA) is 51.1 Å². The van der Waals surface area contributed by atoms with Gasteiger partial charge in [0, 0.05) is 0 Å². The number of rotatable bonds is 6. The molecule has 5 heteroatoms. The molecular weight excluding hydrogens is 261 g/mol. The summed E-state index contributed by atoms with van der Waals surface area (Å²) in [5.74, 6) is 0.956. The molecule has 0 amide bonds. The van der Waals surface area contributed by atoms with Gasteiger partial charge in [0.25, 0.3) is 0 Å². The molecule has 0 atom stereocenters. The van der Waals surface area contributed by atoms with Gasteiger partial charge in [-0.05, 0) is 42.0 Å². The van der Waals surface area contributed by atoms with Gasteiger partial charge in [-0.3, -0.25) is 0 Å². The largest absolute Gasteiger partial charge is 0.490 e. The van der Waals surface area contributed by atoms with E-state index in [0.717, 1.165) is 5.56 Å². The Kier molecular flexibility index (Phi) is 4.94. The first kappa shape index (κ1) is 13.9. The highest BCUT2D eigenvalue weighted by atomic mass is 19.1. The Hall–Kier alpha value is -2.56. The lowest BCUT2D eigenvalue weighted by molar-refractivity contribution is 0.217. The van der Waals surface area contributed by atoms with Crippen molar-refractivity contribution in [2.45, 2.75) is 0 Å². The zero-order valence-corrected chi connectivity index (χ0v) is 10.7. The van der Waals surface area contributed by atoms with Crippen molar-refractivity contribution in [3.63, 3.8) is 0 Å². The van der Waals surface area contributed by atoms with Crippen molar-refractivity contribution in [1.82, 2.24) is 0 Å². The van der Waals surface area contributed by atoms with Crippen LogP contribution in [0.1, 0.15) is 5.56 Å². The van der Waals surface area contributed by atoms with Crippen LogP contribution in [0.3, 0.4) is 0 Å². The lowest BCUT2D eigenvalue weighted by Crippen LogP contribution is -2.09. The highest BCUT2D eigenvalue weighted by molar-refractivity contribution is 5.79. The predicted molar refractivity (Wildman–Crippen MR) is 73.2 cm³/mol. The molecule has 4 nitrogen and oxygen atoms in total. The molecule has 0 saturated carbocycles. The third kappa shape index (κ3) is 4.28. The summed E-state index contributed by atoms with van der Waals surface area (Å²) in [6, 6.07) is 12.9. The van der Waals surface area contributed by atoms with Crippen LogP contribution < -0.4 is 9.47 Å². The summed E-state index contributed by atoms with van der Waals surface area (Å²) in [7, 11) is 0. The molecule has 0 bridgehead atoms. The molecule has 0 fully saturated rings. The van der Waals surface area contributed by atoms with Crippen molar-refractivity contribution >= 4 is 6.21 Å². The SMILES string of the molecule is O/N=C/c1cccc(OCCOc2ccc(F)cc2)c1. The van der Waals surface area contributed by atoms with Gasteiger partial charge in [0.1, 0.15) is 30.5 Å². The lowest BCUT2D eigenvalue weighted by Gasteiger charge is -2.08. The first-order valence-corrected chi connectivity index (χ1v) is 6.06. The first-order valence-electron chi connectivity index (χ1n) is 6.06. The van der Waals surface area contributed by atoms with Gasteiger partial charge in [0.2, 0.25) is 0 Å². The summed E-state index contributed by atoms with van der Waals surface area (Å²) in [4.78, 5) is 0. The molecule has 20 heavy (non-hydrogen) atoms. The van der Waals surface area contributed by atoms with E-state index in [1.54, 1.807) is 36.4 Å². The van der Waals surface area contributed by atoms with Crippen LogP contribution in [0.25, 0.3) is 0 Å². The zero-order valence-electron chi connectivity index (χ0n) is 10.7. The Labute approximate surface area is 116 Å². The second-order valence-electron chi connectivity index (χ2n) is 3.97. The molecule has 0 aromatic heterocycles. The fraction of sp³-hybridized carbons (Fsp3) is 0.133. The molecule has 2 rings (SSSR count). The highest BCUT2D eigenvalue weighted by Gasteiger charge is 1.97. The van der Waals surface area contributed by atoms with Gasteiger partial charge in [-0.25, -0.2) is 4.39 Å². The summed E-state index contributed by atoms with van der Waals surface area (Å²) in [6.45, 7) is 0.709. The van der Waals surface area contributed by atoms with Gasteiger partial charge < -0.3 is 14.7 Å². The Bertz CT molecular complexity index is 570. The average molecular weight is 275 g/mol. The normalized spacial score (nSPS) is 10.7. The number of ether oxygens (including phenoxy) is 2. The summed E-state index contributed by atoms with van der Waals surface area (Å²) in [5.41, 5.74) is 0.740. The van der Waals surface area contributed by atoms with E-state index in [4.69, 9.17) is 14.7 Å². The maximum Gasteiger partial charge on any atom is 0.123 e. The van der Waals surface area contributed by atoms with Gasteiger partial charge in [-0.2, -0.15) is 0 Å². The van der Waals surface area contributed by atoms with Crippen LogP contribution in [-0.2, 0) is 0 Å². The molecule has 0 aliphatic rings. The molecule has 104 valence electrons. The zero-order chi connectivity index (χ0) is 14.2. The standard InChI is InChI=1S/C15H14FNO3/c16-13-4-6-14(7-5-13)19-8-9-20-15-3-1-2-12(10-15)11-17-18/h1-7,10-11,18H,8-9H2/b17-11+. The number of nitrogens with zero attached hydrogens (tertiary/aromatic N) is 1. The summed E-state index contributed by atoms with van der Waals surface area (Å²) >= 11 is 0. The molecule has 1 N–H and O–H groups in total. The second kappa shape index (κ2) is 7.13. The number of oxime groups is 1. The van der Waals surface area contributed by atoms with E-state index in [9.17, 15) is 4.39 Å². The Balaban J connectivity index is 1.78. The summed E-state index contributed by atoms with van der Waals surface area (Å²) < 4.78 is 23.6. The van der Waals surface area contributed by atoms with Gasteiger partial charge in [0.05, 0.1) is 6.21 Å². The lowest BCUT2D eigenvalue weighted by atomic mass is 10.2. The molecule has 2 aromatic carbocycles. The third-order valence-electron chi connectivity index (χ3n) is 2.50. The van der Waals surface area contributed by atoms with E-state index in [0.29, 0.717) is 24.7 Å². The molecule has 0 radical (unpaired) electrons. The number of hydrogen-bond acceptors (Lipinski definition) is 4. The Morgan fingerprint density at radius 3 is 2.40 bits per heavy atom. The molecular formula is C15H14FNO3. The van der Waals surface area contributed by atoms with Crippen LogP contribution in [0.2, 0.25) is 0 Å². The van der Waals surface area contributed by atoms with Gasteiger partial charge in [0.15, 0.2) is 0 Å². The van der Waals surface area contributed by atoms with Crippen molar-refractivity contribution in [3.05, 3.63) is 59.9 Å². The fourth-order valence-electron chi connectivity index (χ4n) is 1.60. The van der Waals surface area contributed by atoms with E-state index < -0.39 is 0 Å². The molecule has 2 aromatic rings. The van der Waals surface area contributed by atoms with Crippen molar-refractivity contribution in [1.29, 1.82) is 0 Å². The van der Waals surface area contributed by atoms with Gasteiger partial charge >= 0.3 is 0 Å². The maximum absolute atomic E-state index is 12.7. The van der Waals surface area contributed by atoms with Crippen molar-refractivity contribution in [2.24, 2.45) is 5.16 Å². The monoisotopic (exact) mass is 275 g/mol. The van der Waals surface area contributed by atoms with Crippen molar-refractivity contribution < 1.29 is 19.1 Å². The van der Waals surface area contributed by atoms with Crippen molar-refractivity contribution in [3.8, 4) is 11.5 Å². The number of hydrogen-bond donors (Lipinski definition) is 1. The minimum atomic E-state index is -0.295. The Morgan fingerprint density at radius 1 is 1.00 bits per heavy atom. The number of benzene rings is 2. The Morgan fingerprint density at radius 2 is 1.70 bits per heavy atom. The first-order chi connectivity index (χ1) is 9.78. The van der Waals surface area contributed by atoms with E-state index in [1.807, 2.05) is 0 Å². The molecule has 0 aliphatic heterocycles. The van der Waals surface area contributed by atoms with Crippen LogP contribution in [0.5, 0.6) is 11.5 Å². The van der Waals surface area contributed by atoms with E-state index in [-0.39, 0.29) is 5.82 Å². The van der Waals surface area contributed by atoms with Crippen LogP contribution in [0, 0.1) is 5.82 Å². The predicted octanol–water partition coefficient (Wildman–Crippen LogP) is 3.09. The van der Waals surface area contributed by atoms with Gasteiger partial charge in [-0.15, -0.1) is 0 Å². The van der Waals surface area contributed by atoms with Crippen LogP contribution in [-0.4, -0.2) is 24.6 Å². The number of halogens is 1. The van der Waals surface area contributed by atoms with Crippen LogP contribution in [0.4, 0.5) is 4.39 Å². The van der Waals surface area contributed by atoms with Crippen LogP contribution >= 0.6 is 0 Å². The van der Waals surface area contributed by atoms with E-state index >= 15 is 0 Å². The second-order valence-corrected chi connectivity index (χ2v) is 3.97. The minimum absolute atomic E-state index is 0.295. The molecule has 0 unspecified atom stereocenters. The summed E-state index contributed by atoms with van der Waals surface area (Å²) in [5, 5.41) is 11.4. The van der Waals surface area contributed by atoms with E-state index in [2.05, 4.69) is 5.16 Å². The molecule has 0 aliphatic carbocycles.